The van der Waals surface area contributed by atoms with E-state index >= 15 is 0 Å². The van der Waals surface area contributed by atoms with Crippen LogP contribution in [0.2, 0.25) is 0 Å². The largest absolute Gasteiger partial charge is 0.350 e. The fourth-order valence-electron chi connectivity index (χ4n) is 3.38. The van der Waals surface area contributed by atoms with Crippen molar-refractivity contribution in [3.8, 4) is 0 Å². The topological polar surface area (TPSA) is 101 Å². The van der Waals surface area contributed by atoms with E-state index in [1.165, 1.54) is 17.0 Å². The van der Waals surface area contributed by atoms with Crippen LogP contribution < -0.4 is 15.2 Å². The van der Waals surface area contributed by atoms with Crippen molar-refractivity contribution in [1.82, 2.24) is 14.8 Å². The molecule has 0 atom stereocenters. The zero-order valence-electron chi connectivity index (χ0n) is 15.3. The van der Waals surface area contributed by atoms with Crippen molar-refractivity contribution in [2.24, 2.45) is 7.05 Å². The minimum atomic E-state index is -3.98. The highest BCUT2D eigenvalue weighted by Crippen LogP contribution is 2.29. The highest BCUT2D eigenvalue weighted by molar-refractivity contribution is 7.89. The van der Waals surface area contributed by atoms with Crippen LogP contribution >= 0.6 is 0 Å². The minimum absolute atomic E-state index is 0.0208. The maximum Gasteiger partial charge on any atom is 0.268 e. The number of carbonyl (C=O) groups is 2. The van der Waals surface area contributed by atoms with Crippen molar-refractivity contribution >= 4 is 38.4 Å². The van der Waals surface area contributed by atoms with Gasteiger partial charge >= 0.3 is 0 Å². The quantitative estimate of drug-likeness (QED) is 0.648. The van der Waals surface area contributed by atoms with Gasteiger partial charge in [0.2, 0.25) is 5.91 Å². The number of aromatic nitrogens is 1. The number of likely N-dealkylation sites (N-methyl/N-ethyl adjacent to an activating group) is 1. The van der Waals surface area contributed by atoms with Gasteiger partial charge in [-0.1, -0.05) is 18.2 Å². The van der Waals surface area contributed by atoms with Gasteiger partial charge in [0.25, 0.3) is 15.9 Å². The second-order valence-electron chi connectivity index (χ2n) is 6.65. The number of amides is 2. The Labute approximate surface area is 161 Å². The van der Waals surface area contributed by atoms with Crippen molar-refractivity contribution in [2.45, 2.75) is 11.3 Å². The molecule has 0 radical (unpaired) electrons. The molecule has 0 unspecified atom stereocenters. The molecule has 0 bridgehead atoms. The maximum absolute atomic E-state index is 12.6. The average molecular weight is 398 g/mol. The summed E-state index contributed by atoms with van der Waals surface area (Å²) in [5, 5.41) is 0.723. The van der Waals surface area contributed by atoms with Crippen molar-refractivity contribution in [2.75, 3.05) is 11.9 Å². The Kier molecular flexibility index (Phi) is 4.20. The molecule has 0 saturated carbocycles. The molecule has 2 aromatic carbocycles. The van der Waals surface area contributed by atoms with Crippen LogP contribution in [0.15, 0.2) is 53.6 Å². The first-order valence-corrected chi connectivity index (χ1v) is 10.0. The van der Waals surface area contributed by atoms with Gasteiger partial charge < -0.3 is 9.47 Å². The van der Waals surface area contributed by atoms with E-state index in [-0.39, 0.29) is 17.2 Å². The Morgan fingerprint density at radius 3 is 2.64 bits per heavy atom. The number of anilines is 1. The molecular weight excluding hydrogens is 380 g/mol. The molecule has 4 rings (SSSR count). The number of nitrogens with one attached hydrogen (secondary N) is 2. The second-order valence-corrected chi connectivity index (χ2v) is 8.33. The molecule has 2 heterocycles. The molecule has 2 amide bonds. The molecule has 2 N–H and O–H groups in total. The number of hydrogen-bond acceptors (Lipinski definition) is 4. The van der Waals surface area contributed by atoms with Gasteiger partial charge in [0.05, 0.1) is 16.9 Å². The fraction of sp³-hybridized carbons (Fsp3) is 0.158. The lowest BCUT2D eigenvalue weighted by Gasteiger charge is -2.11. The third-order valence-electron chi connectivity index (χ3n) is 4.88. The zero-order valence-corrected chi connectivity index (χ0v) is 16.1. The SMILES string of the molecule is CN1C(=O)Cc2cc(S(=O)(=O)NNC(=O)c3cn(C)c4ccccc34)ccc21. The molecule has 0 spiro atoms. The number of sulfonamides is 1. The van der Waals surface area contributed by atoms with Gasteiger partial charge in [-0.2, -0.15) is 0 Å². The third kappa shape index (κ3) is 2.94. The molecule has 9 heteroatoms. The van der Waals surface area contributed by atoms with E-state index in [4.69, 9.17) is 0 Å². The molecule has 0 saturated heterocycles. The van der Waals surface area contributed by atoms with Gasteiger partial charge in [0.1, 0.15) is 0 Å². The number of hydrazine groups is 1. The molecule has 0 aliphatic carbocycles. The van der Waals surface area contributed by atoms with Crippen molar-refractivity contribution in [3.05, 3.63) is 59.8 Å². The summed E-state index contributed by atoms with van der Waals surface area (Å²) in [6.45, 7) is 0. The van der Waals surface area contributed by atoms with E-state index in [1.54, 1.807) is 29.9 Å². The summed E-state index contributed by atoms with van der Waals surface area (Å²) in [6.07, 6.45) is 1.79. The number of hydrogen-bond donors (Lipinski definition) is 2. The van der Waals surface area contributed by atoms with E-state index in [1.807, 2.05) is 25.2 Å². The summed E-state index contributed by atoms with van der Waals surface area (Å²) < 4.78 is 26.9. The number of para-hydroxylation sites is 1. The Morgan fingerprint density at radius 2 is 1.86 bits per heavy atom. The van der Waals surface area contributed by atoms with Crippen LogP contribution in [0.1, 0.15) is 15.9 Å². The summed E-state index contributed by atoms with van der Waals surface area (Å²) in [5.41, 5.74) is 4.81. The van der Waals surface area contributed by atoms with Crippen LogP contribution in [-0.2, 0) is 28.3 Å². The lowest BCUT2D eigenvalue weighted by molar-refractivity contribution is -0.117. The monoisotopic (exact) mass is 398 g/mol. The Balaban J connectivity index is 1.55. The number of aryl methyl sites for hydroxylation is 1. The van der Waals surface area contributed by atoms with Gasteiger partial charge in [-0.05, 0) is 29.8 Å². The predicted molar refractivity (Wildman–Crippen MR) is 104 cm³/mol. The standard InChI is InChI=1S/C19H18N4O4S/c1-22-11-15(14-5-3-4-6-17(14)22)19(25)20-21-28(26,27)13-7-8-16-12(9-13)10-18(24)23(16)2/h3-9,11,21H,10H2,1-2H3,(H,20,25). The van der Waals surface area contributed by atoms with E-state index in [2.05, 4.69) is 10.3 Å². The lowest BCUT2D eigenvalue weighted by atomic mass is 10.2. The summed E-state index contributed by atoms with van der Waals surface area (Å²) in [7, 11) is -0.529. The fourth-order valence-corrected chi connectivity index (χ4v) is 4.27. The van der Waals surface area contributed by atoms with Crippen LogP contribution in [-0.4, -0.2) is 31.8 Å². The highest BCUT2D eigenvalue weighted by atomic mass is 32.2. The lowest BCUT2D eigenvalue weighted by Crippen LogP contribution is -2.41. The van der Waals surface area contributed by atoms with E-state index < -0.39 is 15.9 Å². The van der Waals surface area contributed by atoms with Gasteiger partial charge in [-0.25, -0.2) is 8.42 Å². The molecular formula is C19H18N4O4S. The van der Waals surface area contributed by atoms with Crippen LogP contribution in [0.5, 0.6) is 0 Å². The van der Waals surface area contributed by atoms with Crippen LogP contribution in [0.3, 0.4) is 0 Å². The van der Waals surface area contributed by atoms with E-state index in [0.717, 1.165) is 10.9 Å². The summed E-state index contributed by atoms with van der Waals surface area (Å²) in [6, 6.07) is 11.8. The van der Waals surface area contributed by atoms with Crippen molar-refractivity contribution in [1.29, 1.82) is 0 Å². The average Bonchev–Trinajstić information content (AvgIpc) is 3.17. The Hall–Kier alpha value is -3.17. The first-order valence-electron chi connectivity index (χ1n) is 8.53. The normalized spacial score (nSPS) is 13.8. The smallest absolute Gasteiger partial charge is 0.268 e. The number of carbonyl (C=O) groups excluding carboxylic acids is 2. The summed E-state index contributed by atoms with van der Waals surface area (Å²) in [4.78, 5) is 27.9. The molecule has 8 nitrogen and oxygen atoms in total. The van der Waals surface area contributed by atoms with E-state index in [9.17, 15) is 18.0 Å². The van der Waals surface area contributed by atoms with Crippen LogP contribution in [0, 0.1) is 0 Å². The predicted octanol–water partition coefficient (Wildman–Crippen LogP) is 1.32. The first kappa shape index (κ1) is 18.2. The zero-order chi connectivity index (χ0) is 20.1. The molecule has 1 aliphatic rings. The van der Waals surface area contributed by atoms with Gasteiger partial charge in [0, 0.05) is 36.9 Å². The highest BCUT2D eigenvalue weighted by Gasteiger charge is 2.26. The maximum atomic E-state index is 12.6. The summed E-state index contributed by atoms with van der Waals surface area (Å²) in [5.74, 6) is -0.654. The number of fused-ring (bicyclic) bond motifs is 2. The minimum Gasteiger partial charge on any atom is -0.350 e. The third-order valence-corrected chi connectivity index (χ3v) is 6.12. The van der Waals surface area contributed by atoms with E-state index in [0.29, 0.717) is 16.8 Å². The van der Waals surface area contributed by atoms with Gasteiger partial charge in [0.15, 0.2) is 0 Å². The molecule has 3 aromatic rings. The summed E-state index contributed by atoms with van der Waals surface area (Å²) >= 11 is 0. The van der Waals surface area contributed by atoms with Crippen molar-refractivity contribution in [3.63, 3.8) is 0 Å². The number of rotatable bonds is 4. The van der Waals surface area contributed by atoms with Gasteiger partial charge in [-0.15, -0.1) is 4.83 Å². The Bertz CT molecular complexity index is 1230. The second kappa shape index (κ2) is 6.47. The van der Waals surface area contributed by atoms with Crippen molar-refractivity contribution < 1.29 is 18.0 Å². The first-order chi connectivity index (χ1) is 13.3. The Morgan fingerprint density at radius 1 is 1.11 bits per heavy atom. The van der Waals surface area contributed by atoms with Crippen LogP contribution in [0.4, 0.5) is 5.69 Å². The molecule has 0 fully saturated rings. The molecule has 144 valence electrons. The number of benzene rings is 2. The molecule has 1 aromatic heterocycles. The number of nitrogens with zero attached hydrogens (tertiary/aromatic N) is 2. The van der Waals surface area contributed by atoms with Gasteiger partial charge in [-0.3, -0.25) is 15.0 Å². The molecule has 1 aliphatic heterocycles. The van der Waals surface area contributed by atoms with Crippen LogP contribution in [0.25, 0.3) is 10.9 Å². The molecule has 28 heavy (non-hydrogen) atoms.